The molecule has 1 aromatic carbocycles. The van der Waals surface area contributed by atoms with E-state index >= 15 is 0 Å². The lowest BCUT2D eigenvalue weighted by molar-refractivity contribution is 0.438. The van der Waals surface area contributed by atoms with E-state index in [-0.39, 0.29) is 22.6 Å². The molecule has 4 heterocycles. The van der Waals surface area contributed by atoms with Gasteiger partial charge in [-0.3, -0.25) is 9.89 Å². The maximum absolute atomic E-state index is 13.3. The molecule has 0 unspecified atom stereocenters. The molecule has 0 saturated heterocycles. The number of aromatic hydroxyl groups is 1. The van der Waals surface area contributed by atoms with Gasteiger partial charge in [-0.15, -0.1) is 11.3 Å². The monoisotopic (exact) mass is 461 g/mol. The number of nitrogens with one attached hydrogen (secondary N) is 1. The van der Waals surface area contributed by atoms with Crippen LogP contribution < -0.4 is 11.2 Å². The summed E-state index contributed by atoms with van der Waals surface area (Å²) in [4.78, 5) is 30.1. The average Bonchev–Trinajstić information content (AvgIpc) is 3.45. The highest BCUT2D eigenvalue weighted by atomic mass is 32.1. The molecule has 5 rings (SSSR count). The number of rotatable bonds is 4. The first-order valence-electron chi connectivity index (χ1n) is 10.1. The number of aromatic nitrogens is 5. The number of thiazole rings is 1. The lowest BCUT2D eigenvalue weighted by Gasteiger charge is -2.03. The van der Waals surface area contributed by atoms with Gasteiger partial charge < -0.3 is 9.52 Å². The molecule has 0 amide bonds. The Labute approximate surface area is 191 Å². The summed E-state index contributed by atoms with van der Waals surface area (Å²) in [5, 5.41) is 20.0. The SMILES string of the molecule is Cc1cc(-c2c(C)[nH]n(-c3ccccc3)c2=O)n(-c2nc(-c3c(O)cc(C)oc3=O)cs2)n1. The highest BCUT2D eigenvalue weighted by Crippen LogP contribution is 2.31. The lowest BCUT2D eigenvalue weighted by Crippen LogP contribution is -2.16. The van der Waals surface area contributed by atoms with Crippen molar-refractivity contribution in [2.75, 3.05) is 0 Å². The molecule has 0 fully saturated rings. The Morgan fingerprint density at radius 2 is 1.82 bits per heavy atom. The van der Waals surface area contributed by atoms with Gasteiger partial charge in [0.05, 0.1) is 28.3 Å². The van der Waals surface area contributed by atoms with Crippen LogP contribution in [0.2, 0.25) is 0 Å². The maximum Gasteiger partial charge on any atom is 0.349 e. The van der Waals surface area contributed by atoms with E-state index in [0.29, 0.717) is 33.5 Å². The van der Waals surface area contributed by atoms with Crippen LogP contribution in [0, 0.1) is 20.8 Å². The summed E-state index contributed by atoms with van der Waals surface area (Å²) in [5.74, 6) is 0.101. The van der Waals surface area contributed by atoms with Crippen molar-refractivity contribution in [1.82, 2.24) is 24.5 Å². The minimum Gasteiger partial charge on any atom is -0.507 e. The van der Waals surface area contributed by atoms with E-state index in [1.54, 1.807) is 17.0 Å². The largest absolute Gasteiger partial charge is 0.507 e. The number of nitrogens with zero attached hydrogens (tertiary/aromatic N) is 4. The van der Waals surface area contributed by atoms with Crippen molar-refractivity contribution < 1.29 is 9.52 Å². The van der Waals surface area contributed by atoms with Crippen LogP contribution in [0.1, 0.15) is 17.1 Å². The first kappa shape index (κ1) is 20.7. The van der Waals surface area contributed by atoms with Gasteiger partial charge in [0.15, 0.2) is 0 Å². The molecule has 0 aliphatic carbocycles. The number of aryl methyl sites for hydroxylation is 3. The first-order chi connectivity index (χ1) is 15.8. The summed E-state index contributed by atoms with van der Waals surface area (Å²) in [6.07, 6.45) is 0. The predicted octanol–water partition coefficient (Wildman–Crippen LogP) is 3.73. The third kappa shape index (κ3) is 3.50. The zero-order chi connectivity index (χ0) is 23.3. The summed E-state index contributed by atoms with van der Waals surface area (Å²) >= 11 is 1.23. The quantitative estimate of drug-likeness (QED) is 0.421. The molecule has 0 bridgehead atoms. The summed E-state index contributed by atoms with van der Waals surface area (Å²) in [7, 11) is 0. The smallest absolute Gasteiger partial charge is 0.349 e. The van der Waals surface area contributed by atoms with Crippen LogP contribution in [-0.4, -0.2) is 29.7 Å². The molecule has 10 heteroatoms. The molecule has 0 radical (unpaired) electrons. The van der Waals surface area contributed by atoms with Crippen molar-refractivity contribution in [2.24, 2.45) is 0 Å². The predicted molar refractivity (Wildman–Crippen MR) is 124 cm³/mol. The third-order valence-electron chi connectivity index (χ3n) is 5.16. The number of hydrogen-bond acceptors (Lipinski definition) is 7. The second-order valence-corrected chi connectivity index (χ2v) is 8.43. The number of para-hydroxylation sites is 1. The molecular formula is C23H19N5O4S. The van der Waals surface area contributed by atoms with Crippen molar-refractivity contribution in [3.63, 3.8) is 0 Å². The van der Waals surface area contributed by atoms with Crippen molar-refractivity contribution in [1.29, 1.82) is 0 Å². The number of hydrogen-bond donors (Lipinski definition) is 2. The van der Waals surface area contributed by atoms with Crippen LogP contribution in [0.25, 0.3) is 33.3 Å². The van der Waals surface area contributed by atoms with Crippen molar-refractivity contribution in [2.45, 2.75) is 20.8 Å². The Balaban J connectivity index is 1.64. The van der Waals surface area contributed by atoms with Gasteiger partial charge in [0.1, 0.15) is 17.1 Å². The van der Waals surface area contributed by atoms with Gasteiger partial charge in [-0.05, 0) is 39.0 Å². The maximum atomic E-state index is 13.3. The highest BCUT2D eigenvalue weighted by molar-refractivity contribution is 7.12. The van der Waals surface area contributed by atoms with Crippen molar-refractivity contribution in [3.8, 4) is 39.1 Å². The molecule has 2 N–H and O–H groups in total. The Morgan fingerprint density at radius 3 is 2.55 bits per heavy atom. The van der Waals surface area contributed by atoms with Crippen LogP contribution in [0.4, 0.5) is 0 Å². The zero-order valence-electron chi connectivity index (χ0n) is 18.0. The van der Waals surface area contributed by atoms with Gasteiger partial charge in [-0.25, -0.2) is 19.1 Å². The van der Waals surface area contributed by atoms with Crippen LogP contribution in [0.15, 0.2) is 61.9 Å². The average molecular weight is 462 g/mol. The minimum atomic E-state index is -0.673. The van der Waals surface area contributed by atoms with E-state index in [4.69, 9.17) is 4.42 Å². The Bertz CT molecular complexity index is 1600. The molecule has 0 atom stereocenters. The van der Waals surface area contributed by atoms with Crippen LogP contribution in [0.5, 0.6) is 5.75 Å². The summed E-state index contributed by atoms with van der Waals surface area (Å²) in [6.45, 7) is 5.23. The fraction of sp³-hybridized carbons (Fsp3) is 0.130. The fourth-order valence-electron chi connectivity index (χ4n) is 3.74. The van der Waals surface area contributed by atoms with E-state index < -0.39 is 5.63 Å². The highest BCUT2D eigenvalue weighted by Gasteiger charge is 2.22. The van der Waals surface area contributed by atoms with Gasteiger partial charge in [-0.1, -0.05) is 18.2 Å². The molecule has 166 valence electrons. The van der Waals surface area contributed by atoms with E-state index in [1.165, 1.54) is 22.1 Å². The van der Waals surface area contributed by atoms with E-state index in [2.05, 4.69) is 15.2 Å². The standard InChI is InChI=1S/C23H19N5O4S/c1-12-9-17(19-14(3)26-27(21(19)30)15-7-5-4-6-8-15)28(25-12)23-24-16(11-33-23)20-18(29)10-13(2)32-22(20)31/h4-11,26,29H,1-3H3. The molecule has 5 aromatic rings. The van der Waals surface area contributed by atoms with Crippen LogP contribution in [-0.2, 0) is 0 Å². The minimum absolute atomic E-state index is 0.0159. The summed E-state index contributed by atoms with van der Waals surface area (Å²) in [5.41, 5.74) is 2.51. The van der Waals surface area contributed by atoms with Crippen LogP contribution >= 0.6 is 11.3 Å². The van der Waals surface area contributed by atoms with Gasteiger partial charge in [0.25, 0.3) is 5.56 Å². The lowest BCUT2D eigenvalue weighted by atomic mass is 10.2. The van der Waals surface area contributed by atoms with Crippen LogP contribution in [0.3, 0.4) is 0 Å². The summed E-state index contributed by atoms with van der Waals surface area (Å²) in [6, 6.07) is 12.5. The van der Waals surface area contributed by atoms with Crippen molar-refractivity contribution in [3.05, 3.63) is 85.8 Å². The number of benzene rings is 1. The van der Waals surface area contributed by atoms with Gasteiger partial charge in [0, 0.05) is 17.1 Å². The van der Waals surface area contributed by atoms with Gasteiger partial charge >= 0.3 is 5.63 Å². The molecule has 0 spiro atoms. The molecule has 0 aliphatic heterocycles. The first-order valence-corrected chi connectivity index (χ1v) is 11.0. The molecule has 0 saturated carbocycles. The molecular weight excluding hydrogens is 442 g/mol. The molecule has 0 aliphatic rings. The second kappa shape index (κ2) is 7.75. The zero-order valence-corrected chi connectivity index (χ0v) is 18.8. The van der Waals surface area contributed by atoms with E-state index in [9.17, 15) is 14.7 Å². The van der Waals surface area contributed by atoms with E-state index in [0.717, 1.165) is 5.69 Å². The molecule has 4 aromatic heterocycles. The fourth-order valence-corrected chi connectivity index (χ4v) is 4.52. The Kier molecular flexibility index (Phi) is 4.86. The second-order valence-electron chi connectivity index (χ2n) is 7.59. The number of aromatic amines is 1. The third-order valence-corrected chi connectivity index (χ3v) is 5.97. The molecule has 9 nitrogen and oxygen atoms in total. The van der Waals surface area contributed by atoms with Gasteiger partial charge in [0.2, 0.25) is 5.13 Å². The normalized spacial score (nSPS) is 11.2. The Hall–Kier alpha value is -4.18. The van der Waals surface area contributed by atoms with Gasteiger partial charge in [-0.2, -0.15) is 5.10 Å². The van der Waals surface area contributed by atoms with Crippen molar-refractivity contribution >= 4 is 11.3 Å². The number of H-pyrrole nitrogens is 1. The summed E-state index contributed by atoms with van der Waals surface area (Å²) < 4.78 is 8.17. The Morgan fingerprint density at radius 1 is 1.06 bits per heavy atom. The molecule has 33 heavy (non-hydrogen) atoms. The topological polar surface area (TPSA) is 119 Å². The van der Waals surface area contributed by atoms with E-state index in [1.807, 2.05) is 50.2 Å².